The summed E-state index contributed by atoms with van der Waals surface area (Å²) in [5.41, 5.74) is 0.322. The van der Waals surface area contributed by atoms with Crippen LogP contribution in [0.4, 0.5) is 0 Å². The summed E-state index contributed by atoms with van der Waals surface area (Å²) >= 11 is 0. The number of piperidine rings is 1. The number of carbonyl (C=O) groups is 3. The topological polar surface area (TPSA) is 71.4 Å². The van der Waals surface area contributed by atoms with Crippen LogP contribution in [-0.2, 0) is 9.59 Å². The predicted octanol–water partition coefficient (Wildman–Crippen LogP) is 1.87. The quantitative estimate of drug-likeness (QED) is 0.522. The second-order valence-corrected chi connectivity index (χ2v) is 5.42. The lowest BCUT2D eigenvalue weighted by Crippen LogP contribution is -2.65. The molecule has 0 saturated carbocycles. The van der Waals surface area contributed by atoms with Crippen molar-refractivity contribution in [3.63, 3.8) is 0 Å². The predicted molar refractivity (Wildman–Crippen MR) is 76.7 cm³/mol. The van der Waals surface area contributed by atoms with Crippen LogP contribution in [0.15, 0.2) is 30.3 Å². The second kappa shape index (κ2) is 6.18. The molecule has 2 atom stereocenters. The summed E-state index contributed by atoms with van der Waals surface area (Å²) in [6.07, 6.45) is 1.99. The minimum absolute atomic E-state index is 0.261. The second-order valence-electron chi connectivity index (χ2n) is 5.42. The zero-order valence-electron chi connectivity index (χ0n) is 12.1. The van der Waals surface area contributed by atoms with Gasteiger partial charge in [0.1, 0.15) is 0 Å². The molecule has 0 aromatic heterocycles. The van der Waals surface area contributed by atoms with Crippen molar-refractivity contribution in [3.8, 4) is 0 Å². The number of nitrogens with zero attached hydrogens (tertiary/aromatic N) is 1. The third kappa shape index (κ3) is 2.74. The van der Waals surface area contributed by atoms with Crippen LogP contribution in [0.2, 0.25) is 0 Å². The van der Waals surface area contributed by atoms with Crippen LogP contribution in [0.5, 0.6) is 0 Å². The highest BCUT2D eigenvalue weighted by molar-refractivity contribution is 6.40. The number of quaternary nitrogens is 1. The highest BCUT2D eigenvalue weighted by Gasteiger charge is 2.51. The first-order chi connectivity index (χ1) is 10.0. The summed E-state index contributed by atoms with van der Waals surface area (Å²) in [7, 11) is 0. The van der Waals surface area contributed by atoms with E-state index in [4.69, 9.17) is 0 Å². The number of carboxylic acid groups (broad SMARTS) is 1. The van der Waals surface area contributed by atoms with E-state index in [2.05, 4.69) is 0 Å². The molecular formula is C16H20NO4+. The van der Waals surface area contributed by atoms with E-state index in [1.165, 1.54) is 0 Å². The molecule has 0 aliphatic carbocycles. The summed E-state index contributed by atoms with van der Waals surface area (Å²) in [4.78, 5) is 36.7. The molecule has 0 spiro atoms. The number of hydrogen-bond donors (Lipinski definition) is 1. The third-order valence-electron chi connectivity index (χ3n) is 4.37. The van der Waals surface area contributed by atoms with Crippen molar-refractivity contribution in [3.05, 3.63) is 35.9 Å². The van der Waals surface area contributed by atoms with Gasteiger partial charge in [-0.3, -0.25) is 4.79 Å². The Bertz CT molecular complexity index is 555. The van der Waals surface area contributed by atoms with Crippen molar-refractivity contribution in [1.82, 2.24) is 0 Å². The number of hydrogen-bond acceptors (Lipinski definition) is 3. The molecule has 21 heavy (non-hydrogen) atoms. The van der Waals surface area contributed by atoms with E-state index >= 15 is 0 Å². The molecule has 2 rings (SSSR count). The smallest absolute Gasteiger partial charge is 0.387 e. The first kappa shape index (κ1) is 15.4. The molecule has 1 aromatic carbocycles. The Morgan fingerprint density at radius 1 is 1.19 bits per heavy atom. The number of rotatable bonds is 4. The number of aliphatic carboxylic acids is 1. The van der Waals surface area contributed by atoms with Gasteiger partial charge < -0.3 is 5.11 Å². The molecule has 0 bridgehead atoms. The number of likely N-dealkylation sites (tertiary alicyclic amines) is 1. The average molecular weight is 290 g/mol. The van der Waals surface area contributed by atoms with Gasteiger partial charge in [0.05, 0.1) is 13.1 Å². The lowest BCUT2D eigenvalue weighted by atomic mass is 9.96. The lowest BCUT2D eigenvalue weighted by Gasteiger charge is -2.41. The lowest BCUT2D eigenvalue weighted by molar-refractivity contribution is -0.871. The molecule has 5 nitrogen and oxygen atoms in total. The van der Waals surface area contributed by atoms with Gasteiger partial charge in [-0.2, -0.15) is 0 Å². The minimum atomic E-state index is -0.995. The van der Waals surface area contributed by atoms with Gasteiger partial charge in [0.2, 0.25) is 0 Å². The van der Waals surface area contributed by atoms with Gasteiger partial charge in [0, 0.05) is 12.0 Å². The molecule has 1 aliphatic heterocycles. The van der Waals surface area contributed by atoms with Crippen molar-refractivity contribution in [2.24, 2.45) is 0 Å². The fourth-order valence-corrected chi connectivity index (χ4v) is 3.15. The standard InChI is InChI=1S/C16H19NO4/c1-2-17(11-7-6-10-13(17)16(20)21)15(19)14(18)12-8-4-3-5-9-12/h3-5,8-9,13H,2,6-7,10-11H2,1H3/p+1. The molecular weight excluding hydrogens is 270 g/mol. The molecule has 5 heteroatoms. The Kier molecular flexibility index (Phi) is 4.53. The van der Waals surface area contributed by atoms with Gasteiger partial charge in [-0.25, -0.2) is 14.1 Å². The molecule has 1 saturated heterocycles. The third-order valence-corrected chi connectivity index (χ3v) is 4.37. The molecule has 1 aliphatic rings. The largest absolute Gasteiger partial charge is 0.477 e. The number of benzene rings is 1. The summed E-state index contributed by atoms with van der Waals surface area (Å²) in [6.45, 7) is 2.52. The molecule has 1 aromatic rings. The van der Waals surface area contributed by atoms with Crippen LogP contribution >= 0.6 is 0 Å². The maximum Gasteiger partial charge on any atom is 0.387 e. The van der Waals surface area contributed by atoms with E-state index in [0.717, 1.165) is 12.8 Å². The Balaban J connectivity index is 2.37. The number of likely N-dealkylation sites (N-methyl/N-ethyl adjacent to an activating group) is 1. The summed E-state index contributed by atoms with van der Waals surface area (Å²) < 4.78 is -0.261. The van der Waals surface area contributed by atoms with E-state index < -0.39 is 23.7 Å². The number of amides is 1. The first-order valence-electron chi connectivity index (χ1n) is 7.26. The van der Waals surface area contributed by atoms with Gasteiger partial charge in [0.25, 0.3) is 5.78 Å². The summed E-state index contributed by atoms with van der Waals surface area (Å²) in [5.74, 6) is -2.19. The zero-order chi connectivity index (χ0) is 15.5. The van der Waals surface area contributed by atoms with Crippen molar-refractivity contribution in [2.45, 2.75) is 32.2 Å². The molecule has 112 valence electrons. The van der Waals surface area contributed by atoms with Crippen molar-refractivity contribution in [1.29, 1.82) is 0 Å². The summed E-state index contributed by atoms with van der Waals surface area (Å²) in [5, 5.41) is 9.43. The minimum Gasteiger partial charge on any atom is -0.477 e. The van der Waals surface area contributed by atoms with Crippen LogP contribution in [0, 0.1) is 0 Å². The van der Waals surface area contributed by atoms with E-state index in [0.29, 0.717) is 25.1 Å². The maximum absolute atomic E-state index is 12.7. The monoisotopic (exact) mass is 290 g/mol. The number of ketones is 1. The SMILES string of the molecule is CC[N+]1(C(=O)C(=O)c2ccccc2)CCCCC1C(=O)O. The number of carboxylic acids is 1. The fraction of sp³-hybridized carbons (Fsp3) is 0.438. The van der Waals surface area contributed by atoms with Gasteiger partial charge in [-0.15, -0.1) is 0 Å². The fourth-order valence-electron chi connectivity index (χ4n) is 3.15. The number of Topliss-reactive ketones (excluding diaryl/α,β-unsaturated/α-hetero) is 1. The Morgan fingerprint density at radius 2 is 1.86 bits per heavy atom. The molecule has 1 fully saturated rings. The molecule has 2 unspecified atom stereocenters. The molecule has 1 amide bonds. The van der Waals surface area contributed by atoms with E-state index in [-0.39, 0.29) is 4.48 Å². The van der Waals surface area contributed by atoms with Gasteiger partial charge in [0.15, 0.2) is 6.04 Å². The normalized spacial score (nSPS) is 25.3. The van der Waals surface area contributed by atoms with E-state index in [1.807, 2.05) is 0 Å². The van der Waals surface area contributed by atoms with Crippen LogP contribution in [-0.4, -0.2) is 46.4 Å². The molecule has 1 heterocycles. The highest BCUT2D eigenvalue weighted by atomic mass is 16.4. The Hall–Kier alpha value is -2.01. The molecule has 0 radical (unpaired) electrons. The molecule has 1 N–H and O–H groups in total. The number of carbonyl (C=O) groups excluding carboxylic acids is 2. The highest BCUT2D eigenvalue weighted by Crippen LogP contribution is 2.27. The Morgan fingerprint density at radius 3 is 2.43 bits per heavy atom. The van der Waals surface area contributed by atoms with E-state index in [1.54, 1.807) is 37.3 Å². The zero-order valence-corrected chi connectivity index (χ0v) is 12.1. The Labute approximate surface area is 123 Å². The van der Waals surface area contributed by atoms with Gasteiger partial charge in [-0.1, -0.05) is 30.3 Å². The van der Waals surface area contributed by atoms with Crippen LogP contribution in [0.3, 0.4) is 0 Å². The van der Waals surface area contributed by atoms with Gasteiger partial charge >= 0.3 is 11.9 Å². The van der Waals surface area contributed by atoms with Crippen molar-refractivity contribution < 1.29 is 24.0 Å². The summed E-state index contributed by atoms with van der Waals surface area (Å²) in [6, 6.07) is 7.53. The van der Waals surface area contributed by atoms with Crippen molar-refractivity contribution >= 4 is 17.7 Å². The van der Waals surface area contributed by atoms with Crippen LogP contribution < -0.4 is 0 Å². The van der Waals surface area contributed by atoms with Crippen LogP contribution in [0.25, 0.3) is 0 Å². The van der Waals surface area contributed by atoms with E-state index in [9.17, 15) is 19.5 Å². The van der Waals surface area contributed by atoms with Crippen LogP contribution in [0.1, 0.15) is 36.5 Å². The van der Waals surface area contributed by atoms with Gasteiger partial charge in [-0.05, 0) is 19.8 Å². The first-order valence-corrected chi connectivity index (χ1v) is 7.26. The average Bonchev–Trinajstić information content (AvgIpc) is 2.54. The van der Waals surface area contributed by atoms with Crippen molar-refractivity contribution in [2.75, 3.05) is 13.1 Å². The maximum atomic E-state index is 12.7.